The molecule has 160 valence electrons. The van der Waals surface area contributed by atoms with Crippen LogP contribution < -0.4 is 24.4 Å². The van der Waals surface area contributed by atoms with Crippen LogP contribution in [0.5, 0.6) is 11.5 Å². The summed E-state index contributed by atoms with van der Waals surface area (Å²) < 4.78 is 36.3. The number of hydrogen-bond acceptors (Lipinski definition) is 6. The van der Waals surface area contributed by atoms with E-state index in [-0.39, 0.29) is 31.6 Å². The predicted octanol–water partition coefficient (Wildman–Crippen LogP) is 2.56. The zero-order valence-corrected chi connectivity index (χ0v) is 17.5. The lowest BCUT2D eigenvalue weighted by molar-refractivity contribution is -0.116. The van der Waals surface area contributed by atoms with Crippen LogP contribution in [0.25, 0.3) is 0 Å². The van der Waals surface area contributed by atoms with E-state index in [1.807, 2.05) is 0 Å². The second-order valence-corrected chi connectivity index (χ2v) is 8.69. The Bertz CT molecular complexity index is 1050. The first kappa shape index (κ1) is 21.4. The second kappa shape index (κ2) is 9.04. The Hall–Kier alpha value is -3.27. The minimum Gasteiger partial charge on any atom is -0.454 e. The zero-order chi connectivity index (χ0) is 21.7. The van der Waals surface area contributed by atoms with Crippen LogP contribution in [-0.2, 0) is 19.6 Å². The quantitative estimate of drug-likeness (QED) is 0.661. The summed E-state index contributed by atoms with van der Waals surface area (Å²) >= 11 is 0. The summed E-state index contributed by atoms with van der Waals surface area (Å²) in [6.45, 7) is 1.64. The molecule has 0 radical (unpaired) electrons. The Morgan fingerprint density at radius 1 is 1.03 bits per heavy atom. The van der Waals surface area contributed by atoms with Gasteiger partial charge in [0.1, 0.15) is 0 Å². The van der Waals surface area contributed by atoms with E-state index in [1.165, 1.54) is 11.2 Å². The smallest absolute Gasteiger partial charge is 0.232 e. The normalized spacial score (nSPS) is 12.3. The largest absolute Gasteiger partial charge is 0.454 e. The van der Waals surface area contributed by atoms with Crippen molar-refractivity contribution in [3.05, 3.63) is 42.5 Å². The molecule has 10 heteroatoms. The maximum absolute atomic E-state index is 12.3. The Kier molecular flexibility index (Phi) is 6.46. The first-order valence-electron chi connectivity index (χ1n) is 9.27. The average Bonchev–Trinajstić information content (AvgIpc) is 3.11. The van der Waals surface area contributed by atoms with Crippen LogP contribution >= 0.6 is 0 Å². The van der Waals surface area contributed by atoms with Crippen molar-refractivity contribution in [2.24, 2.45) is 0 Å². The number of hydrogen-bond donors (Lipinski definition) is 2. The minimum absolute atomic E-state index is 0.0982. The lowest BCUT2D eigenvalue weighted by Gasteiger charge is -2.22. The molecular weight excluding hydrogens is 410 g/mol. The maximum Gasteiger partial charge on any atom is 0.232 e. The molecule has 2 N–H and O–H groups in total. The van der Waals surface area contributed by atoms with Gasteiger partial charge in [-0.1, -0.05) is 6.07 Å². The molecule has 1 aliphatic heterocycles. The predicted molar refractivity (Wildman–Crippen MR) is 113 cm³/mol. The fourth-order valence-electron chi connectivity index (χ4n) is 3.01. The van der Waals surface area contributed by atoms with Crippen LogP contribution in [0, 0.1) is 0 Å². The summed E-state index contributed by atoms with van der Waals surface area (Å²) in [5.41, 5.74) is 1.57. The van der Waals surface area contributed by atoms with E-state index in [0.29, 0.717) is 35.0 Å². The number of nitrogens with zero attached hydrogens (tertiary/aromatic N) is 1. The van der Waals surface area contributed by atoms with E-state index < -0.39 is 10.0 Å². The van der Waals surface area contributed by atoms with Crippen molar-refractivity contribution in [1.29, 1.82) is 0 Å². The molecule has 2 amide bonds. The number of carbonyl (C=O) groups excluding carboxylic acids is 2. The van der Waals surface area contributed by atoms with Gasteiger partial charge in [-0.15, -0.1) is 0 Å². The standard InChI is InChI=1S/C20H23N3O6S/c1-14(24)21-15-5-3-6-16(11-15)22-20(25)7-4-10-23(30(2,26)27)17-8-9-18-19(12-17)29-13-28-18/h3,5-6,8-9,11-12H,4,7,10,13H2,1-2H3,(H,21,24)(H,22,25). The van der Waals surface area contributed by atoms with Crippen LogP contribution in [0.4, 0.5) is 17.1 Å². The van der Waals surface area contributed by atoms with Gasteiger partial charge in [-0.25, -0.2) is 8.42 Å². The first-order chi connectivity index (χ1) is 14.2. The Balaban J connectivity index is 1.59. The number of benzene rings is 2. The van der Waals surface area contributed by atoms with Crippen molar-refractivity contribution in [3.8, 4) is 11.5 Å². The molecule has 0 saturated heterocycles. The van der Waals surface area contributed by atoms with Crippen molar-refractivity contribution in [2.75, 3.05) is 34.5 Å². The highest BCUT2D eigenvalue weighted by molar-refractivity contribution is 7.92. The molecular formula is C20H23N3O6S. The van der Waals surface area contributed by atoms with Gasteiger partial charge in [-0.05, 0) is 36.8 Å². The number of nitrogens with one attached hydrogen (secondary N) is 2. The fraction of sp³-hybridized carbons (Fsp3) is 0.300. The zero-order valence-electron chi connectivity index (χ0n) is 16.7. The highest BCUT2D eigenvalue weighted by Gasteiger charge is 2.21. The van der Waals surface area contributed by atoms with Crippen LogP contribution in [-0.4, -0.2) is 39.8 Å². The molecule has 1 aliphatic rings. The van der Waals surface area contributed by atoms with Gasteiger partial charge >= 0.3 is 0 Å². The van der Waals surface area contributed by atoms with E-state index in [1.54, 1.807) is 42.5 Å². The van der Waals surface area contributed by atoms with Crippen LogP contribution in [0.3, 0.4) is 0 Å². The number of sulfonamides is 1. The van der Waals surface area contributed by atoms with Crippen molar-refractivity contribution in [2.45, 2.75) is 19.8 Å². The molecule has 0 saturated carbocycles. The number of anilines is 3. The molecule has 9 nitrogen and oxygen atoms in total. The van der Waals surface area contributed by atoms with Crippen molar-refractivity contribution in [1.82, 2.24) is 0 Å². The van der Waals surface area contributed by atoms with Gasteiger partial charge in [-0.2, -0.15) is 0 Å². The van der Waals surface area contributed by atoms with Crippen molar-refractivity contribution < 1.29 is 27.5 Å². The van der Waals surface area contributed by atoms with Crippen LogP contribution in [0.2, 0.25) is 0 Å². The van der Waals surface area contributed by atoms with Gasteiger partial charge in [-0.3, -0.25) is 13.9 Å². The number of amides is 2. The van der Waals surface area contributed by atoms with Gasteiger partial charge in [0.2, 0.25) is 28.6 Å². The SMILES string of the molecule is CC(=O)Nc1cccc(NC(=O)CCCN(c2ccc3c(c2)OCO3)S(C)(=O)=O)c1. The van der Waals surface area contributed by atoms with Gasteiger partial charge in [0.15, 0.2) is 11.5 Å². The fourth-order valence-corrected chi connectivity index (χ4v) is 3.97. The van der Waals surface area contributed by atoms with E-state index in [0.717, 1.165) is 6.26 Å². The molecule has 2 aromatic rings. The molecule has 0 spiro atoms. The summed E-state index contributed by atoms with van der Waals surface area (Å²) in [5.74, 6) is 0.586. The molecule has 1 heterocycles. The lowest BCUT2D eigenvalue weighted by Crippen LogP contribution is -2.31. The van der Waals surface area contributed by atoms with Gasteiger partial charge in [0, 0.05) is 37.3 Å². The third kappa shape index (κ3) is 5.63. The molecule has 0 aliphatic carbocycles. The minimum atomic E-state index is -3.54. The summed E-state index contributed by atoms with van der Waals surface area (Å²) in [4.78, 5) is 23.4. The Morgan fingerprint density at radius 3 is 2.43 bits per heavy atom. The van der Waals surface area contributed by atoms with E-state index in [4.69, 9.17) is 9.47 Å². The average molecular weight is 433 g/mol. The Morgan fingerprint density at radius 2 is 1.73 bits per heavy atom. The monoisotopic (exact) mass is 433 g/mol. The molecule has 0 bridgehead atoms. The van der Waals surface area contributed by atoms with Crippen molar-refractivity contribution >= 4 is 38.9 Å². The summed E-state index contributed by atoms with van der Waals surface area (Å²) in [6, 6.07) is 11.7. The molecule has 0 aromatic heterocycles. The lowest BCUT2D eigenvalue weighted by atomic mass is 10.2. The maximum atomic E-state index is 12.3. The molecule has 0 fully saturated rings. The van der Waals surface area contributed by atoms with Crippen LogP contribution in [0.1, 0.15) is 19.8 Å². The van der Waals surface area contributed by atoms with E-state index >= 15 is 0 Å². The number of rotatable bonds is 8. The topological polar surface area (TPSA) is 114 Å². The second-order valence-electron chi connectivity index (χ2n) is 6.79. The first-order valence-corrected chi connectivity index (χ1v) is 11.1. The molecule has 0 atom stereocenters. The summed E-state index contributed by atoms with van der Waals surface area (Å²) in [7, 11) is -3.54. The Labute approximate surface area is 175 Å². The van der Waals surface area contributed by atoms with Gasteiger partial charge < -0.3 is 20.1 Å². The summed E-state index contributed by atoms with van der Waals surface area (Å²) in [6.07, 6.45) is 1.56. The summed E-state index contributed by atoms with van der Waals surface area (Å²) in [5, 5.41) is 5.39. The van der Waals surface area contributed by atoms with Crippen LogP contribution in [0.15, 0.2) is 42.5 Å². The molecule has 3 rings (SSSR count). The van der Waals surface area contributed by atoms with Gasteiger partial charge in [0.25, 0.3) is 0 Å². The number of ether oxygens (including phenoxy) is 2. The third-order valence-electron chi connectivity index (χ3n) is 4.28. The van der Waals surface area contributed by atoms with E-state index in [2.05, 4.69) is 10.6 Å². The van der Waals surface area contributed by atoms with Gasteiger partial charge in [0.05, 0.1) is 11.9 Å². The molecule has 0 unspecified atom stereocenters. The number of fused-ring (bicyclic) bond motifs is 1. The van der Waals surface area contributed by atoms with E-state index in [9.17, 15) is 18.0 Å². The third-order valence-corrected chi connectivity index (χ3v) is 5.47. The highest BCUT2D eigenvalue weighted by atomic mass is 32.2. The number of carbonyl (C=O) groups is 2. The van der Waals surface area contributed by atoms with Crippen molar-refractivity contribution in [3.63, 3.8) is 0 Å². The molecule has 30 heavy (non-hydrogen) atoms. The highest BCUT2D eigenvalue weighted by Crippen LogP contribution is 2.36. The molecule has 2 aromatic carbocycles.